The predicted octanol–water partition coefficient (Wildman–Crippen LogP) is 2.07. The fourth-order valence-corrected chi connectivity index (χ4v) is 7.71. The lowest BCUT2D eigenvalue weighted by Crippen LogP contribution is -2.63. The van der Waals surface area contributed by atoms with E-state index in [1.165, 1.54) is 5.57 Å². The Morgan fingerprint density at radius 2 is 1.92 bits per heavy atom. The van der Waals surface area contributed by atoms with Gasteiger partial charge in [0.25, 0.3) is 0 Å². The van der Waals surface area contributed by atoms with Crippen LogP contribution in [0.15, 0.2) is 12.2 Å². The van der Waals surface area contributed by atoms with Crippen molar-refractivity contribution in [1.82, 2.24) is 0 Å². The average Bonchev–Trinajstić information content (AvgIpc) is 2.75. The quantitative estimate of drug-likeness (QED) is 0.676. The second kappa shape index (κ2) is 5.15. The lowest BCUT2D eigenvalue weighted by atomic mass is 9.40. The number of fused-ring (bicyclic) bond motifs is 3. The van der Waals surface area contributed by atoms with Crippen molar-refractivity contribution in [2.45, 2.75) is 58.0 Å². The molecule has 4 rings (SSSR count). The van der Waals surface area contributed by atoms with E-state index < -0.39 is 11.5 Å². The van der Waals surface area contributed by atoms with Gasteiger partial charge >= 0.3 is 0 Å². The highest BCUT2D eigenvalue weighted by molar-refractivity contribution is 5.81. The molecule has 0 aliphatic heterocycles. The zero-order valence-electron chi connectivity index (χ0n) is 14.6. The first-order valence-electron chi connectivity index (χ1n) is 9.39. The third-order valence-corrected chi connectivity index (χ3v) is 8.31. The van der Waals surface area contributed by atoms with E-state index >= 15 is 0 Å². The molecule has 6 unspecified atom stereocenters. The van der Waals surface area contributed by atoms with E-state index in [1.807, 2.05) is 0 Å². The maximum atomic E-state index is 12.6. The molecule has 4 heteroatoms. The molecule has 0 heterocycles. The number of Topliss-reactive ketones (excluding diaryl/α,β-unsaturated/α-hetero) is 1. The smallest absolute Gasteiger partial charge is 0.134 e. The topological polar surface area (TPSA) is 77.8 Å². The summed E-state index contributed by atoms with van der Waals surface area (Å²) in [4.78, 5) is 12.6. The number of aliphatic hydroxyl groups excluding tert-OH is 3. The zero-order chi connectivity index (χ0) is 17.3. The molecule has 0 radical (unpaired) electrons. The minimum atomic E-state index is -0.724. The second-order valence-corrected chi connectivity index (χ2v) is 9.55. The molecule has 4 fully saturated rings. The van der Waals surface area contributed by atoms with Gasteiger partial charge in [-0.3, -0.25) is 4.79 Å². The molecule has 0 aromatic heterocycles. The van der Waals surface area contributed by atoms with Gasteiger partial charge in [-0.05, 0) is 60.7 Å². The monoisotopic (exact) mass is 334 g/mol. The number of carbonyl (C=O) groups is 1. The van der Waals surface area contributed by atoms with Crippen LogP contribution in [0.2, 0.25) is 0 Å². The number of allylic oxidation sites excluding steroid dienone is 1. The van der Waals surface area contributed by atoms with Crippen molar-refractivity contribution >= 4 is 5.78 Å². The first kappa shape index (κ1) is 16.7. The summed E-state index contributed by atoms with van der Waals surface area (Å²) in [7, 11) is 0. The second-order valence-electron chi connectivity index (χ2n) is 9.55. The third kappa shape index (κ3) is 1.94. The number of aliphatic hydroxyl groups is 3. The normalized spacial score (nSPS) is 49.7. The molecule has 1 spiro atoms. The van der Waals surface area contributed by atoms with Crippen LogP contribution in [-0.2, 0) is 4.79 Å². The minimum Gasteiger partial charge on any atom is -0.396 e. The van der Waals surface area contributed by atoms with Crippen LogP contribution >= 0.6 is 0 Å². The highest BCUT2D eigenvalue weighted by atomic mass is 16.3. The van der Waals surface area contributed by atoms with E-state index in [9.17, 15) is 20.1 Å². The molecule has 4 nitrogen and oxygen atoms in total. The summed E-state index contributed by atoms with van der Waals surface area (Å²) in [6.07, 6.45) is 5.10. The Morgan fingerprint density at radius 1 is 1.21 bits per heavy atom. The lowest BCUT2D eigenvalue weighted by Gasteiger charge is -2.64. The molecular weight excluding hydrogens is 304 g/mol. The van der Waals surface area contributed by atoms with E-state index in [-0.39, 0.29) is 48.1 Å². The summed E-state index contributed by atoms with van der Waals surface area (Å²) in [5.41, 5.74) is 0.279. The Bertz CT molecular complexity index is 580. The van der Waals surface area contributed by atoms with Crippen molar-refractivity contribution in [2.75, 3.05) is 13.2 Å². The van der Waals surface area contributed by atoms with E-state index in [1.54, 1.807) is 0 Å². The van der Waals surface area contributed by atoms with E-state index in [0.717, 1.165) is 32.1 Å². The van der Waals surface area contributed by atoms with Gasteiger partial charge in [0.05, 0.1) is 19.3 Å². The molecule has 2 bridgehead atoms. The molecule has 0 aromatic carbocycles. The lowest BCUT2D eigenvalue weighted by molar-refractivity contribution is -0.203. The van der Waals surface area contributed by atoms with Crippen LogP contribution in [0.25, 0.3) is 0 Å². The standard InChI is InChI=1S/C20H30O4/c1-12-6-19-4-3-16-18(2,17(19)15(24)5-13(12)7-19)8-14(23)9-20(16,10-21)11-22/h13,15-17,21-22,24H,1,3-11H2,2H3. The minimum absolute atomic E-state index is 0.0684. The van der Waals surface area contributed by atoms with E-state index in [2.05, 4.69) is 13.5 Å². The fraction of sp³-hybridized carbons (Fsp3) is 0.850. The Balaban J connectivity index is 1.81. The van der Waals surface area contributed by atoms with Gasteiger partial charge in [-0.2, -0.15) is 0 Å². The number of hydrogen-bond donors (Lipinski definition) is 3. The van der Waals surface area contributed by atoms with Crippen LogP contribution in [-0.4, -0.2) is 40.4 Å². The molecule has 4 aliphatic rings. The Kier molecular flexibility index (Phi) is 3.59. The predicted molar refractivity (Wildman–Crippen MR) is 90.1 cm³/mol. The van der Waals surface area contributed by atoms with Crippen molar-refractivity contribution in [2.24, 2.45) is 34.0 Å². The van der Waals surface area contributed by atoms with Crippen molar-refractivity contribution in [3.05, 3.63) is 12.2 Å². The van der Waals surface area contributed by atoms with Gasteiger partial charge in [-0.15, -0.1) is 0 Å². The van der Waals surface area contributed by atoms with Crippen LogP contribution in [0.3, 0.4) is 0 Å². The molecule has 4 aliphatic carbocycles. The molecule has 4 saturated carbocycles. The summed E-state index contributed by atoms with van der Waals surface area (Å²) < 4.78 is 0. The first-order chi connectivity index (χ1) is 11.3. The van der Waals surface area contributed by atoms with Crippen LogP contribution in [0.5, 0.6) is 0 Å². The molecule has 0 saturated heterocycles. The SMILES string of the molecule is C=C1CC23CCC4C(CO)(CO)CC(=O)CC4(C)C2C(O)CC1C3. The van der Waals surface area contributed by atoms with Gasteiger partial charge in [-0.25, -0.2) is 0 Å². The molecule has 3 N–H and O–H groups in total. The summed E-state index contributed by atoms with van der Waals surface area (Å²) in [6.45, 7) is 6.10. The van der Waals surface area contributed by atoms with Gasteiger partial charge in [0.15, 0.2) is 0 Å². The summed E-state index contributed by atoms with van der Waals surface area (Å²) >= 11 is 0. The largest absolute Gasteiger partial charge is 0.396 e. The summed E-state index contributed by atoms with van der Waals surface area (Å²) in [5, 5.41) is 31.1. The van der Waals surface area contributed by atoms with Crippen molar-refractivity contribution < 1.29 is 20.1 Å². The highest BCUT2D eigenvalue weighted by Crippen LogP contribution is 2.71. The summed E-state index contributed by atoms with van der Waals surface area (Å²) in [5.74, 6) is 0.713. The number of ketones is 1. The van der Waals surface area contributed by atoms with Crippen LogP contribution in [0, 0.1) is 34.0 Å². The van der Waals surface area contributed by atoms with Crippen LogP contribution in [0.1, 0.15) is 51.9 Å². The van der Waals surface area contributed by atoms with Crippen molar-refractivity contribution in [3.63, 3.8) is 0 Å². The third-order valence-electron chi connectivity index (χ3n) is 8.31. The van der Waals surface area contributed by atoms with Crippen molar-refractivity contribution in [1.29, 1.82) is 0 Å². The maximum absolute atomic E-state index is 12.6. The van der Waals surface area contributed by atoms with Gasteiger partial charge in [0, 0.05) is 18.3 Å². The molecule has 0 aromatic rings. The number of carbonyl (C=O) groups excluding carboxylic acids is 1. The van der Waals surface area contributed by atoms with Gasteiger partial charge in [0.2, 0.25) is 0 Å². The van der Waals surface area contributed by atoms with Crippen LogP contribution in [0.4, 0.5) is 0 Å². The molecule has 24 heavy (non-hydrogen) atoms. The maximum Gasteiger partial charge on any atom is 0.134 e. The molecular formula is C20H30O4. The zero-order valence-corrected chi connectivity index (χ0v) is 14.6. The first-order valence-corrected chi connectivity index (χ1v) is 9.39. The van der Waals surface area contributed by atoms with E-state index in [0.29, 0.717) is 12.3 Å². The van der Waals surface area contributed by atoms with Crippen LogP contribution < -0.4 is 0 Å². The Morgan fingerprint density at radius 3 is 2.58 bits per heavy atom. The van der Waals surface area contributed by atoms with E-state index in [4.69, 9.17) is 0 Å². The number of hydrogen-bond acceptors (Lipinski definition) is 4. The molecule has 0 amide bonds. The van der Waals surface area contributed by atoms with Gasteiger partial charge < -0.3 is 15.3 Å². The van der Waals surface area contributed by atoms with Gasteiger partial charge in [-0.1, -0.05) is 19.1 Å². The molecule has 134 valence electrons. The number of rotatable bonds is 2. The van der Waals surface area contributed by atoms with Crippen molar-refractivity contribution in [3.8, 4) is 0 Å². The Labute approximate surface area is 144 Å². The summed E-state index contributed by atoms with van der Waals surface area (Å²) in [6, 6.07) is 0. The fourth-order valence-electron chi connectivity index (χ4n) is 7.71. The van der Waals surface area contributed by atoms with Gasteiger partial charge in [0.1, 0.15) is 5.78 Å². The average molecular weight is 334 g/mol. The highest BCUT2D eigenvalue weighted by Gasteiger charge is 2.67. The molecule has 6 atom stereocenters. The Hall–Kier alpha value is -0.710.